The Hall–Kier alpha value is -3.02. The number of amides is 2. The van der Waals surface area contributed by atoms with Crippen LogP contribution in [0, 0.1) is 0 Å². The number of benzene rings is 2. The van der Waals surface area contributed by atoms with E-state index in [9.17, 15) is 14.7 Å². The number of phenolic OH excluding ortho intramolecular Hbond substituents is 1. The lowest BCUT2D eigenvalue weighted by Crippen LogP contribution is -2.34. The number of carbonyl (C=O) groups excluding carboxylic acids is 2. The molecule has 0 saturated heterocycles. The van der Waals surface area contributed by atoms with Crippen molar-refractivity contribution >= 4 is 23.2 Å². The number of carbonyl (C=O) groups is 2. The number of phenols is 1. The number of hydrogen-bond donors (Lipinski definition) is 3. The molecule has 0 heterocycles. The van der Waals surface area contributed by atoms with E-state index in [1.807, 2.05) is 13.0 Å². The van der Waals surface area contributed by atoms with Crippen LogP contribution in [0.1, 0.15) is 111 Å². The van der Waals surface area contributed by atoms with Crippen molar-refractivity contribution in [3.05, 3.63) is 47.5 Å². The quantitative estimate of drug-likeness (QED) is 0.218. The largest absolute Gasteiger partial charge is 0.506 e. The van der Waals surface area contributed by atoms with Crippen LogP contribution < -0.4 is 15.4 Å². The van der Waals surface area contributed by atoms with E-state index in [2.05, 4.69) is 71.2 Å². The molecule has 0 saturated carbocycles. The summed E-state index contributed by atoms with van der Waals surface area (Å²) >= 11 is 0. The third-order valence-electron chi connectivity index (χ3n) is 7.66. The van der Waals surface area contributed by atoms with Crippen LogP contribution in [0.3, 0.4) is 0 Å². The molecule has 1 unspecified atom stereocenters. The predicted octanol–water partition coefficient (Wildman–Crippen LogP) is 8.08. The van der Waals surface area contributed by atoms with Crippen molar-refractivity contribution in [2.45, 2.75) is 117 Å². The van der Waals surface area contributed by atoms with Gasteiger partial charge in [-0.15, -0.1) is 0 Å². The summed E-state index contributed by atoms with van der Waals surface area (Å²) in [4.78, 5) is 25.3. The van der Waals surface area contributed by atoms with Gasteiger partial charge in [-0.3, -0.25) is 9.59 Å². The summed E-state index contributed by atoms with van der Waals surface area (Å²) in [7, 11) is 0. The molecule has 0 aliphatic carbocycles. The van der Waals surface area contributed by atoms with Gasteiger partial charge in [0.15, 0.2) is 6.10 Å². The Morgan fingerprint density at radius 3 is 2.16 bits per heavy atom. The minimum atomic E-state index is -0.683. The SMILES string of the molecule is CCCCC(Oc1ccc(C(C)(C)CC)cc1C(C)(C)CC)C(=O)Nc1ccc(NC(=O)CCC)c(O)c1. The Labute approximate surface area is 229 Å². The summed E-state index contributed by atoms with van der Waals surface area (Å²) in [6, 6.07) is 11.1. The Bertz CT molecular complexity index is 1090. The van der Waals surface area contributed by atoms with Gasteiger partial charge < -0.3 is 20.5 Å². The maximum absolute atomic E-state index is 13.4. The van der Waals surface area contributed by atoms with E-state index in [4.69, 9.17) is 4.74 Å². The lowest BCUT2D eigenvalue weighted by atomic mass is 9.76. The number of hydrogen-bond acceptors (Lipinski definition) is 4. The fourth-order valence-corrected chi connectivity index (χ4v) is 4.14. The van der Waals surface area contributed by atoms with E-state index >= 15 is 0 Å². The zero-order chi connectivity index (χ0) is 28.5. The number of aromatic hydroxyl groups is 1. The monoisotopic (exact) mass is 524 g/mol. The molecular formula is C32H48N2O4. The summed E-state index contributed by atoms with van der Waals surface area (Å²) in [6.45, 7) is 17.3. The summed E-state index contributed by atoms with van der Waals surface area (Å²) in [6.07, 6.45) is 4.74. The van der Waals surface area contributed by atoms with Crippen LogP contribution in [0.2, 0.25) is 0 Å². The van der Waals surface area contributed by atoms with Crippen molar-refractivity contribution in [1.82, 2.24) is 0 Å². The number of ether oxygens (including phenoxy) is 1. The first kappa shape index (κ1) is 31.2. The third kappa shape index (κ3) is 8.24. The first-order chi connectivity index (χ1) is 17.9. The molecule has 0 fully saturated rings. The molecule has 0 radical (unpaired) electrons. The molecule has 2 aromatic carbocycles. The molecule has 0 aromatic heterocycles. The molecule has 2 rings (SSSR count). The number of anilines is 2. The second-order valence-corrected chi connectivity index (χ2v) is 11.5. The maximum atomic E-state index is 13.4. The second-order valence-electron chi connectivity index (χ2n) is 11.5. The average Bonchev–Trinajstić information content (AvgIpc) is 2.88. The smallest absolute Gasteiger partial charge is 0.265 e. The molecule has 0 bridgehead atoms. The first-order valence-electron chi connectivity index (χ1n) is 14.1. The van der Waals surface area contributed by atoms with Crippen molar-refractivity contribution in [3.8, 4) is 11.5 Å². The van der Waals surface area contributed by atoms with E-state index in [1.165, 1.54) is 11.6 Å². The van der Waals surface area contributed by atoms with Crippen molar-refractivity contribution in [2.24, 2.45) is 0 Å². The molecule has 38 heavy (non-hydrogen) atoms. The van der Waals surface area contributed by atoms with E-state index in [0.717, 1.165) is 43.4 Å². The van der Waals surface area contributed by atoms with Crippen molar-refractivity contribution in [3.63, 3.8) is 0 Å². The second kappa shape index (κ2) is 13.7. The first-order valence-corrected chi connectivity index (χ1v) is 14.1. The van der Waals surface area contributed by atoms with E-state index in [0.29, 0.717) is 24.2 Å². The minimum Gasteiger partial charge on any atom is -0.506 e. The zero-order valence-electron chi connectivity index (χ0n) is 24.7. The zero-order valence-corrected chi connectivity index (χ0v) is 24.7. The maximum Gasteiger partial charge on any atom is 0.265 e. The predicted molar refractivity (Wildman–Crippen MR) is 157 cm³/mol. The minimum absolute atomic E-state index is 0.0419. The van der Waals surface area contributed by atoms with Gasteiger partial charge in [0.25, 0.3) is 5.91 Å². The van der Waals surface area contributed by atoms with Crippen LogP contribution in [0.25, 0.3) is 0 Å². The Kier molecular flexibility index (Phi) is 11.2. The highest BCUT2D eigenvalue weighted by Gasteiger charge is 2.29. The third-order valence-corrected chi connectivity index (χ3v) is 7.66. The van der Waals surface area contributed by atoms with Crippen LogP contribution in [0.5, 0.6) is 11.5 Å². The van der Waals surface area contributed by atoms with Gasteiger partial charge in [0, 0.05) is 23.7 Å². The molecule has 3 N–H and O–H groups in total. The van der Waals surface area contributed by atoms with E-state index < -0.39 is 6.10 Å². The normalized spacial score (nSPS) is 12.6. The summed E-state index contributed by atoms with van der Waals surface area (Å²) in [5.74, 6) is 0.214. The van der Waals surface area contributed by atoms with Crippen LogP contribution in [-0.4, -0.2) is 23.0 Å². The molecule has 2 aromatic rings. The van der Waals surface area contributed by atoms with E-state index in [1.54, 1.807) is 12.1 Å². The molecule has 6 nitrogen and oxygen atoms in total. The highest BCUT2D eigenvalue weighted by molar-refractivity contribution is 5.96. The molecule has 1 atom stereocenters. The molecule has 210 valence electrons. The Balaban J connectivity index is 2.33. The van der Waals surface area contributed by atoms with Crippen molar-refractivity contribution in [2.75, 3.05) is 10.6 Å². The van der Waals surface area contributed by atoms with Gasteiger partial charge in [-0.2, -0.15) is 0 Å². The fourth-order valence-electron chi connectivity index (χ4n) is 4.14. The fraction of sp³-hybridized carbons (Fsp3) is 0.562. The van der Waals surface area contributed by atoms with Gasteiger partial charge in [-0.1, -0.05) is 73.9 Å². The van der Waals surface area contributed by atoms with E-state index in [-0.39, 0.29) is 28.4 Å². The average molecular weight is 525 g/mol. The number of unbranched alkanes of at least 4 members (excludes halogenated alkanes) is 1. The van der Waals surface area contributed by atoms with Gasteiger partial charge in [-0.05, 0) is 66.7 Å². The van der Waals surface area contributed by atoms with Crippen LogP contribution in [0.4, 0.5) is 11.4 Å². The van der Waals surface area contributed by atoms with Crippen molar-refractivity contribution in [1.29, 1.82) is 0 Å². The van der Waals surface area contributed by atoms with Crippen LogP contribution in [0.15, 0.2) is 36.4 Å². The molecule has 0 spiro atoms. The molecule has 0 aliphatic heterocycles. The molecule has 2 amide bonds. The van der Waals surface area contributed by atoms with Gasteiger partial charge in [-0.25, -0.2) is 0 Å². The van der Waals surface area contributed by atoms with Crippen LogP contribution in [-0.2, 0) is 20.4 Å². The summed E-state index contributed by atoms with van der Waals surface area (Å²) in [5, 5.41) is 16.0. The summed E-state index contributed by atoms with van der Waals surface area (Å²) < 4.78 is 6.47. The van der Waals surface area contributed by atoms with Gasteiger partial charge in [0.1, 0.15) is 11.5 Å². The van der Waals surface area contributed by atoms with Gasteiger partial charge in [0.2, 0.25) is 5.91 Å². The Morgan fingerprint density at radius 1 is 0.895 bits per heavy atom. The molecular weight excluding hydrogens is 476 g/mol. The standard InChI is InChI=1S/C32H48N2O4/c1-9-13-15-28(30(37)33-23-17-18-25(26(35)21-23)34-29(36)14-10-2)38-27-19-16-22(31(5,6)11-3)20-24(27)32(7,8)12-4/h16-21,28,35H,9-15H2,1-8H3,(H,33,37)(H,34,36). The Morgan fingerprint density at radius 2 is 1.58 bits per heavy atom. The topological polar surface area (TPSA) is 87.7 Å². The lowest BCUT2D eigenvalue weighted by Gasteiger charge is -2.31. The van der Waals surface area contributed by atoms with Gasteiger partial charge in [0.05, 0.1) is 5.69 Å². The van der Waals surface area contributed by atoms with Crippen LogP contribution >= 0.6 is 0 Å². The highest BCUT2D eigenvalue weighted by atomic mass is 16.5. The lowest BCUT2D eigenvalue weighted by molar-refractivity contribution is -0.123. The number of nitrogens with one attached hydrogen (secondary N) is 2. The van der Waals surface area contributed by atoms with Gasteiger partial charge >= 0.3 is 0 Å². The number of rotatable bonds is 14. The molecule has 6 heteroatoms. The van der Waals surface area contributed by atoms with Crippen molar-refractivity contribution < 1.29 is 19.4 Å². The summed E-state index contributed by atoms with van der Waals surface area (Å²) in [5.41, 5.74) is 3.06. The molecule has 0 aliphatic rings. The highest BCUT2D eigenvalue weighted by Crippen LogP contribution is 2.39.